The molecule has 0 aliphatic carbocycles. The number of rotatable bonds is 4. The van der Waals surface area contributed by atoms with Gasteiger partial charge in [0.25, 0.3) is 5.69 Å². The zero-order valence-electron chi connectivity index (χ0n) is 12.2. The van der Waals surface area contributed by atoms with Gasteiger partial charge in [-0.05, 0) is 6.07 Å². The van der Waals surface area contributed by atoms with E-state index in [2.05, 4.69) is 10.1 Å². The Hall–Kier alpha value is -3.24. The largest absolute Gasteiger partial charge is 0.451 e. The number of ether oxygens (including phenoxy) is 1. The number of benzene rings is 2. The van der Waals surface area contributed by atoms with E-state index in [9.17, 15) is 36.9 Å². The molecule has 0 radical (unpaired) electrons. The summed E-state index contributed by atoms with van der Waals surface area (Å²) in [5.74, 6) is -14.0. The number of hydrogen-bond donors (Lipinski definition) is 1. The van der Waals surface area contributed by atoms with Crippen LogP contribution in [0.4, 0.5) is 33.3 Å². The van der Waals surface area contributed by atoms with Crippen LogP contribution >= 0.6 is 0 Å². The highest BCUT2D eigenvalue weighted by Gasteiger charge is 2.28. The summed E-state index contributed by atoms with van der Waals surface area (Å²) in [5, 5.41) is 12.9. The van der Waals surface area contributed by atoms with Crippen LogP contribution in [0.5, 0.6) is 11.5 Å². The summed E-state index contributed by atoms with van der Waals surface area (Å²) >= 11 is 0. The van der Waals surface area contributed by atoms with Crippen molar-refractivity contribution in [3.8, 4) is 11.5 Å². The predicted octanol–water partition coefficient (Wildman–Crippen LogP) is 4.04. The number of nitrogens with zero attached hydrogens (tertiary/aromatic N) is 1. The zero-order valence-corrected chi connectivity index (χ0v) is 12.2. The van der Waals surface area contributed by atoms with Crippen LogP contribution in [0.3, 0.4) is 0 Å². The van der Waals surface area contributed by atoms with Gasteiger partial charge in [0.1, 0.15) is 11.4 Å². The van der Waals surface area contributed by atoms with Gasteiger partial charge in [0.15, 0.2) is 0 Å². The molecule has 6 nitrogen and oxygen atoms in total. The van der Waals surface area contributed by atoms with Crippen molar-refractivity contribution in [1.29, 1.82) is 0 Å². The number of amides is 1. The Morgan fingerprint density at radius 1 is 1.04 bits per heavy atom. The van der Waals surface area contributed by atoms with Gasteiger partial charge in [-0.3, -0.25) is 14.9 Å². The maximum absolute atomic E-state index is 13.6. The Bertz CT molecular complexity index is 859. The smallest absolute Gasteiger partial charge is 0.293 e. The predicted molar refractivity (Wildman–Crippen MR) is 73.7 cm³/mol. The van der Waals surface area contributed by atoms with Gasteiger partial charge in [0.05, 0.1) is 4.92 Å². The Morgan fingerprint density at radius 3 is 2.04 bits per heavy atom. The summed E-state index contributed by atoms with van der Waals surface area (Å²) in [6, 6.07) is 2.49. The fourth-order valence-electron chi connectivity index (χ4n) is 1.82. The molecule has 0 saturated carbocycles. The molecule has 1 N–H and O–H groups in total. The van der Waals surface area contributed by atoms with Gasteiger partial charge >= 0.3 is 0 Å². The van der Waals surface area contributed by atoms with Gasteiger partial charge in [-0.1, -0.05) is 0 Å². The standard InChI is InChI=1S/C14H7F5N2O4/c1-5(22)20-7-4-6(2-3-8(7)21(23)24)25-14-12(18)10(16)9(15)11(17)13(14)19/h2-4H,1H3,(H,20,22). The number of anilines is 1. The van der Waals surface area contributed by atoms with E-state index in [0.29, 0.717) is 0 Å². The van der Waals surface area contributed by atoms with Crippen molar-refractivity contribution < 1.29 is 36.4 Å². The zero-order chi connectivity index (χ0) is 18.9. The van der Waals surface area contributed by atoms with E-state index < -0.39 is 57.1 Å². The van der Waals surface area contributed by atoms with Crippen LogP contribution in [0, 0.1) is 39.2 Å². The normalized spacial score (nSPS) is 10.5. The maximum Gasteiger partial charge on any atom is 0.293 e. The summed E-state index contributed by atoms with van der Waals surface area (Å²) < 4.78 is 71.1. The van der Waals surface area contributed by atoms with E-state index >= 15 is 0 Å². The summed E-state index contributed by atoms with van der Waals surface area (Å²) in [6.07, 6.45) is 0. The SMILES string of the molecule is CC(=O)Nc1cc(Oc2c(F)c(F)c(F)c(F)c2F)ccc1[N+](=O)[O-]. The van der Waals surface area contributed by atoms with Crippen molar-refractivity contribution in [3.63, 3.8) is 0 Å². The molecule has 0 bridgehead atoms. The first-order chi connectivity index (χ1) is 11.6. The minimum absolute atomic E-state index is 0.390. The number of carbonyl (C=O) groups excluding carboxylic acids is 1. The third-order valence-electron chi connectivity index (χ3n) is 2.86. The minimum atomic E-state index is -2.36. The van der Waals surface area contributed by atoms with E-state index in [-0.39, 0.29) is 5.69 Å². The number of hydrogen-bond acceptors (Lipinski definition) is 4. The van der Waals surface area contributed by atoms with E-state index in [4.69, 9.17) is 0 Å². The van der Waals surface area contributed by atoms with Crippen LogP contribution in [-0.2, 0) is 4.79 Å². The Labute approximate surface area is 136 Å². The molecule has 2 rings (SSSR count). The lowest BCUT2D eigenvalue weighted by Gasteiger charge is -2.11. The van der Waals surface area contributed by atoms with E-state index in [0.717, 1.165) is 25.1 Å². The topological polar surface area (TPSA) is 81.5 Å². The first-order valence-electron chi connectivity index (χ1n) is 6.38. The molecule has 0 spiro atoms. The number of carbonyl (C=O) groups is 1. The third kappa shape index (κ3) is 3.49. The molecule has 0 saturated heterocycles. The fourth-order valence-corrected chi connectivity index (χ4v) is 1.82. The summed E-state index contributed by atoms with van der Waals surface area (Å²) in [4.78, 5) is 21.1. The first kappa shape index (κ1) is 18.1. The van der Waals surface area contributed by atoms with Crippen LogP contribution in [0.1, 0.15) is 6.92 Å². The number of nitro benzene ring substituents is 1. The molecule has 0 aliphatic rings. The second-order valence-corrected chi connectivity index (χ2v) is 4.62. The van der Waals surface area contributed by atoms with Crippen LogP contribution in [0.2, 0.25) is 0 Å². The lowest BCUT2D eigenvalue weighted by molar-refractivity contribution is -0.383. The lowest BCUT2D eigenvalue weighted by atomic mass is 10.2. The van der Waals surface area contributed by atoms with Crippen molar-refractivity contribution in [1.82, 2.24) is 0 Å². The average Bonchev–Trinajstić information content (AvgIpc) is 2.54. The van der Waals surface area contributed by atoms with Crippen molar-refractivity contribution in [2.24, 2.45) is 0 Å². The lowest BCUT2D eigenvalue weighted by Crippen LogP contribution is -2.08. The van der Waals surface area contributed by atoms with E-state index in [1.165, 1.54) is 0 Å². The molecule has 0 fully saturated rings. The Morgan fingerprint density at radius 2 is 1.56 bits per heavy atom. The minimum Gasteiger partial charge on any atom is -0.451 e. The summed E-state index contributed by atoms with van der Waals surface area (Å²) in [5.41, 5.74) is -0.959. The Balaban J connectivity index is 2.52. The second kappa shape index (κ2) is 6.71. The molecule has 0 unspecified atom stereocenters. The fraction of sp³-hybridized carbons (Fsp3) is 0.0714. The van der Waals surface area contributed by atoms with Gasteiger partial charge in [-0.25, -0.2) is 13.2 Å². The molecule has 1 amide bonds. The maximum atomic E-state index is 13.6. The van der Waals surface area contributed by atoms with Crippen molar-refractivity contribution in [3.05, 3.63) is 57.4 Å². The molecule has 2 aromatic rings. The van der Waals surface area contributed by atoms with Crippen molar-refractivity contribution in [2.45, 2.75) is 6.92 Å². The molecule has 11 heteroatoms. The number of nitro groups is 1. The van der Waals surface area contributed by atoms with Crippen LogP contribution < -0.4 is 10.1 Å². The third-order valence-corrected chi connectivity index (χ3v) is 2.86. The number of nitrogens with one attached hydrogen (secondary N) is 1. The highest BCUT2D eigenvalue weighted by molar-refractivity contribution is 5.91. The number of halogens is 5. The van der Waals surface area contributed by atoms with E-state index in [1.807, 2.05) is 0 Å². The molecule has 0 heterocycles. The van der Waals surface area contributed by atoms with Gasteiger partial charge in [-0.2, -0.15) is 8.78 Å². The van der Waals surface area contributed by atoms with Crippen LogP contribution in [0.25, 0.3) is 0 Å². The molecule has 25 heavy (non-hydrogen) atoms. The first-order valence-corrected chi connectivity index (χ1v) is 6.38. The molecule has 0 atom stereocenters. The van der Waals surface area contributed by atoms with Gasteiger partial charge in [0, 0.05) is 19.1 Å². The molecular formula is C14H7F5N2O4. The summed E-state index contributed by atoms with van der Waals surface area (Å²) in [7, 11) is 0. The average molecular weight is 362 g/mol. The highest BCUT2D eigenvalue weighted by Crippen LogP contribution is 2.35. The van der Waals surface area contributed by atoms with Gasteiger partial charge in [-0.15, -0.1) is 0 Å². The van der Waals surface area contributed by atoms with Gasteiger partial charge < -0.3 is 10.1 Å². The highest BCUT2D eigenvalue weighted by atomic mass is 19.2. The second-order valence-electron chi connectivity index (χ2n) is 4.62. The molecule has 0 aromatic heterocycles. The molecule has 0 aliphatic heterocycles. The molecular weight excluding hydrogens is 355 g/mol. The quantitative estimate of drug-likeness (QED) is 0.293. The molecule has 2 aromatic carbocycles. The van der Waals surface area contributed by atoms with Crippen molar-refractivity contribution in [2.75, 3.05) is 5.32 Å². The molecule has 132 valence electrons. The van der Waals surface area contributed by atoms with Crippen molar-refractivity contribution >= 4 is 17.3 Å². The Kier molecular flexibility index (Phi) is 4.86. The van der Waals surface area contributed by atoms with E-state index in [1.54, 1.807) is 0 Å². The summed E-state index contributed by atoms with van der Waals surface area (Å²) in [6.45, 7) is 1.04. The monoisotopic (exact) mass is 362 g/mol. The van der Waals surface area contributed by atoms with Crippen LogP contribution in [-0.4, -0.2) is 10.8 Å². The van der Waals surface area contributed by atoms with Gasteiger partial charge in [0.2, 0.25) is 40.7 Å². The van der Waals surface area contributed by atoms with Crippen LogP contribution in [0.15, 0.2) is 18.2 Å².